The third-order valence-electron chi connectivity index (χ3n) is 3.25. The van der Waals surface area contributed by atoms with Crippen LogP contribution >= 0.6 is 11.8 Å². The monoisotopic (exact) mass is 285 g/mol. The summed E-state index contributed by atoms with van der Waals surface area (Å²) in [5.74, 6) is 0.968. The summed E-state index contributed by atoms with van der Waals surface area (Å²) in [5, 5.41) is 22.7. The number of ether oxygens (including phenoxy) is 1. The first kappa shape index (κ1) is 16.1. The molecule has 3 N–H and O–H groups in total. The fraction of sp³-hybridized carbons (Fsp3) is 0.571. The van der Waals surface area contributed by atoms with Gasteiger partial charge in [-0.25, -0.2) is 0 Å². The number of hydrogen-bond acceptors (Lipinski definition) is 5. The van der Waals surface area contributed by atoms with Crippen molar-refractivity contribution in [3.8, 4) is 11.5 Å². The molecule has 3 unspecified atom stereocenters. The number of aliphatic hydroxyl groups is 1. The van der Waals surface area contributed by atoms with Gasteiger partial charge in [0.2, 0.25) is 0 Å². The highest BCUT2D eigenvalue weighted by Crippen LogP contribution is 2.29. The van der Waals surface area contributed by atoms with E-state index in [0.717, 1.165) is 11.3 Å². The maximum absolute atomic E-state index is 9.92. The van der Waals surface area contributed by atoms with Gasteiger partial charge in [0.1, 0.15) is 11.5 Å². The Morgan fingerprint density at radius 3 is 2.58 bits per heavy atom. The number of phenolic OH excluding ortho intramolecular Hbond substituents is 1. The van der Waals surface area contributed by atoms with E-state index < -0.39 is 0 Å². The predicted molar refractivity (Wildman–Crippen MR) is 80.1 cm³/mol. The Balaban J connectivity index is 2.79. The average molecular weight is 285 g/mol. The molecule has 0 saturated heterocycles. The molecule has 4 nitrogen and oxygen atoms in total. The molecule has 0 saturated carbocycles. The minimum absolute atomic E-state index is 0.0219. The lowest BCUT2D eigenvalue weighted by Gasteiger charge is -2.26. The standard InChI is InChI=1S/C14H23NO3S/c1-9(15-10(2)14(8-16)19-4)12-7-11(18-3)5-6-13(12)17/h5-7,9-10,14-17H,8H2,1-4H3. The van der Waals surface area contributed by atoms with Crippen molar-refractivity contribution in [1.82, 2.24) is 5.32 Å². The number of aliphatic hydroxyl groups excluding tert-OH is 1. The van der Waals surface area contributed by atoms with Gasteiger partial charge in [-0.2, -0.15) is 11.8 Å². The minimum Gasteiger partial charge on any atom is -0.508 e. The molecule has 1 aromatic carbocycles. The first-order valence-corrected chi connectivity index (χ1v) is 7.58. The number of aromatic hydroxyl groups is 1. The van der Waals surface area contributed by atoms with Crippen molar-refractivity contribution >= 4 is 11.8 Å². The first-order chi connectivity index (χ1) is 9.03. The van der Waals surface area contributed by atoms with E-state index in [4.69, 9.17) is 4.74 Å². The Labute approximate surface area is 119 Å². The maximum atomic E-state index is 9.92. The zero-order chi connectivity index (χ0) is 14.4. The molecule has 0 fully saturated rings. The van der Waals surface area contributed by atoms with Crippen molar-refractivity contribution in [3.05, 3.63) is 23.8 Å². The van der Waals surface area contributed by atoms with Crippen molar-refractivity contribution in [3.63, 3.8) is 0 Å². The zero-order valence-corrected chi connectivity index (χ0v) is 12.7. The van der Waals surface area contributed by atoms with Crippen molar-refractivity contribution in [2.75, 3.05) is 20.0 Å². The highest BCUT2D eigenvalue weighted by molar-refractivity contribution is 7.99. The van der Waals surface area contributed by atoms with Crippen LogP contribution in [0.3, 0.4) is 0 Å². The molecule has 0 aliphatic rings. The van der Waals surface area contributed by atoms with Gasteiger partial charge in [-0.15, -0.1) is 0 Å². The Morgan fingerprint density at radius 1 is 1.37 bits per heavy atom. The van der Waals surface area contributed by atoms with Crippen LogP contribution in [0.1, 0.15) is 25.5 Å². The molecule has 108 valence electrons. The maximum Gasteiger partial charge on any atom is 0.120 e. The largest absolute Gasteiger partial charge is 0.508 e. The molecule has 5 heteroatoms. The van der Waals surface area contributed by atoms with Gasteiger partial charge in [-0.3, -0.25) is 0 Å². The summed E-state index contributed by atoms with van der Waals surface area (Å²) in [7, 11) is 1.60. The molecule has 1 rings (SSSR count). The molecule has 1 aromatic rings. The fourth-order valence-corrected chi connectivity index (χ4v) is 2.67. The van der Waals surface area contributed by atoms with Crippen LogP contribution in [0.4, 0.5) is 0 Å². The second-order valence-corrected chi connectivity index (χ2v) is 5.64. The Kier molecular flexibility index (Phi) is 6.48. The number of nitrogens with one attached hydrogen (secondary N) is 1. The summed E-state index contributed by atoms with van der Waals surface area (Å²) in [5.41, 5.74) is 0.795. The summed E-state index contributed by atoms with van der Waals surface area (Å²) in [6, 6.07) is 5.31. The van der Waals surface area contributed by atoms with Gasteiger partial charge in [0, 0.05) is 22.9 Å². The predicted octanol–water partition coefficient (Wildman–Crippen LogP) is 2.16. The van der Waals surface area contributed by atoms with Gasteiger partial charge in [-0.05, 0) is 38.3 Å². The van der Waals surface area contributed by atoms with Gasteiger partial charge in [0.25, 0.3) is 0 Å². The number of benzene rings is 1. The van der Waals surface area contributed by atoms with Crippen LogP contribution in [0.2, 0.25) is 0 Å². The molecule has 0 aliphatic carbocycles. The zero-order valence-electron chi connectivity index (χ0n) is 11.9. The number of thioether (sulfide) groups is 1. The van der Waals surface area contributed by atoms with E-state index >= 15 is 0 Å². The molecule has 0 spiro atoms. The minimum atomic E-state index is -0.0219. The Hall–Kier alpha value is -0.910. The summed E-state index contributed by atoms with van der Waals surface area (Å²) in [4.78, 5) is 0. The van der Waals surface area contributed by atoms with Gasteiger partial charge < -0.3 is 20.3 Å². The van der Waals surface area contributed by atoms with E-state index in [0.29, 0.717) is 0 Å². The van der Waals surface area contributed by atoms with E-state index in [9.17, 15) is 10.2 Å². The van der Waals surface area contributed by atoms with E-state index in [-0.39, 0.29) is 29.7 Å². The first-order valence-electron chi connectivity index (χ1n) is 6.30. The van der Waals surface area contributed by atoms with Gasteiger partial charge in [0.15, 0.2) is 0 Å². The molecule has 0 heterocycles. The van der Waals surface area contributed by atoms with Crippen LogP contribution in [0, 0.1) is 0 Å². The van der Waals surface area contributed by atoms with E-state index in [1.165, 1.54) is 0 Å². The molecule has 0 aromatic heterocycles. The summed E-state index contributed by atoms with van der Waals surface area (Å²) in [6.45, 7) is 4.15. The smallest absolute Gasteiger partial charge is 0.120 e. The van der Waals surface area contributed by atoms with Crippen LogP contribution in [-0.2, 0) is 0 Å². The second kappa shape index (κ2) is 7.62. The normalized spacial score (nSPS) is 15.8. The van der Waals surface area contributed by atoms with Crippen LogP contribution in [0.15, 0.2) is 18.2 Å². The molecule has 3 atom stereocenters. The highest BCUT2D eigenvalue weighted by atomic mass is 32.2. The Bertz CT molecular complexity index is 396. The lowest BCUT2D eigenvalue weighted by atomic mass is 10.1. The number of phenols is 1. The topological polar surface area (TPSA) is 61.7 Å². The summed E-state index contributed by atoms with van der Waals surface area (Å²) < 4.78 is 5.17. The fourth-order valence-electron chi connectivity index (χ4n) is 2.03. The third kappa shape index (κ3) is 4.30. The van der Waals surface area contributed by atoms with Gasteiger partial charge in [-0.1, -0.05) is 0 Å². The Morgan fingerprint density at radius 2 is 2.05 bits per heavy atom. The molecule has 0 amide bonds. The SMILES string of the molecule is COc1ccc(O)c(C(C)NC(C)C(CO)SC)c1. The summed E-state index contributed by atoms with van der Waals surface area (Å²) >= 11 is 1.63. The average Bonchev–Trinajstić information content (AvgIpc) is 2.40. The van der Waals surface area contributed by atoms with E-state index in [1.807, 2.05) is 26.2 Å². The van der Waals surface area contributed by atoms with E-state index in [1.54, 1.807) is 31.0 Å². The summed E-state index contributed by atoms with van der Waals surface area (Å²) in [6.07, 6.45) is 1.98. The highest BCUT2D eigenvalue weighted by Gasteiger charge is 2.19. The quantitative estimate of drug-likeness (QED) is 0.716. The number of methoxy groups -OCH3 is 1. The molecule has 0 aliphatic heterocycles. The van der Waals surface area contributed by atoms with Gasteiger partial charge >= 0.3 is 0 Å². The van der Waals surface area contributed by atoms with Crippen molar-refractivity contribution in [2.45, 2.75) is 31.2 Å². The lowest BCUT2D eigenvalue weighted by molar-refractivity contribution is 0.271. The lowest BCUT2D eigenvalue weighted by Crippen LogP contribution is -2.38. The van der Waals surface area contributed by atoms with Crippen LogP contribution < -0.4 is 10.1 Å². The molecule has 0 bridgehead atoms. The van der Waals surface area contributed by atoms with E-state index in [2.05, 4.69) is 5.32 Å². The number of hydrogen-bond donors (Lipinski definition) is 3. The van der Waals surface area contributed by atoms with Crippen LogP contribution in [0.5, 0.6) is 11.5 Å². The third-order valence-corrected chi connectivity index (χ3v) is 4.42. The molecule has 19 heavy (non-hydrogen) atoms. The van der Waals surface area contributed by atoms with Crippen LogP contribution in [0.25, 0.3) is 0 Å². The van der Waals surface area contributed by atoms with Crippen molar-refractivity contribution in [1.29, 1.82) is 0 Å². The second-order valence-electron chi connectivity index (χ2n) is 4.56. The van der Waals surface area contributed by atoms with Crippen molar-refractivity contribution < 1.29 is 14.9 Å². The molecule has 0 radical (unpaired) electrons. The number of rotatable bonds is 7. The molecular weight excluding hydrogens is 262 g/mol. The van der Waals surface area contributed by atoms with Crippen LogP contribution in [-0.4, -0.2) is 41.5 Å². The molecular formula is C14H23NO3S. The van der Waals surface area contributed by atoms with Crippen molar-refractivity contribution in [2.24, 2.45) is 0 Å². The van der Waals surface area contributed by atoms with Gasteiger partial charge in [0.05, 0.1) is 13.7 Å².